The summed E-state index contributed by atoms with van der Waals surface area (Å²) in [4.78, 5) is 8.53. The van der Waals surface area contributed by atoms with E-state index in [1.165, 1.54) is 5.56 Å². The van der Waals surface area contributed by atoms with Crippen molar-refractivity contribution in [3.8, 4) is 11.3 Å². The fraction of sp³-hybridized carbons (Fsp3) is 0.286. The quantitative estimate of drug-likeness (QED) is 0.814. The zero-order valence-electron chi connectivity index (χ0n) is 10.4. The van der Waals surface area contributed by atoms with Crippen molar-refractivity contribution in [2.75, 3.05) is 5.73 Å². The van der Waals surface area contributed by atoms with Crippen molar-refractivity contribution in [1.29, 1.82) is 0 Å². The van der Waals surface area contributed by atoms with Gasteiger partial charge in [0, 0.05) is 18.0 Å². The minimum atomic E-state index is 0.130. The van der Waals surface area contributed by atoms with Gasteiger partial charge in [0.15, 0.2) is 0 Å². The molecule has 2 rings (SSSR count). The molecule has 0 spiro atoms. The molecule has 0 fully saturated rings. The van der Waals surface area contributed by atoms with Crippen LogP contribution in [0.5, 0.6) is 0 Å². The van der Waals surface area contributed by atoms with Crippen LogP contribution in [-0.2, 0) is 5.41 Å². The van der Waals surface area contributed by atoms with Gasteiger partial charge in [-0.2, -0.15) is 0 Å². The highest BCUT2D eigenvalue weighted by Crippen LogP contribution is 2.23. The third-order valence-corrected chi connectivity index (χ3v) is 2.71. The standard InChI is InChI=1S/C14H17N3/c1-14(2,3)11-5-6-12(16-9-11)10-4-7-13(15)17-8-10/h4-9H,1-3H3,(H2,15,17). The number of nitrogen functional groups attached to an aromatic ring is 1. The highest BCUT2D eigenvalue weighted by atomic mass is 14.8. The lowest BCUT2D eigenvalue weighted by Gasteiger charge is -2.18. The second-order valence-electron chi connectivity index (χ2n) is 5.15. The van der Waals surface area contributed by atoms with Crippen LogP contribution in [-0.4, -0.2) is 9.97 Å². The Kier molecular flexibility index (Phi) is 2.84. The average molecular weight is 227 g/mol. The zero-order valence-corrected chi connectivity index (χ0v) is 10.4. The topological polar surface area (TPSA) is 51.8 Å². The molecule has 0 aromatic carbocycles. The summed E-state index contributed by atoms with van der Waals surface area (Å²) in [5.74, 6) is 0.528. The second-order valence-corrected chi connectivity index (χ2v) is 5.15. The molecule has 0 bridgehead atoms. The van der Waals surface area contributed by atoms with Crippen molar-refractivity contribution >= 4 is 5.82 Å². The molecule has 0 unspecified atom stereocenters. The van der Waals surface area contributed by atoms with Crippen molar-refractivity contribution in [2.24, 2.45) is 0 Å². The van der Waals surface area contributed by atoms with Crippen LogP contribution >= 0.6 is 0 Å². The van der Waals surface area contributed by atoms with Gasteiger partial charge in [-0.3, -0.25) is 4.98 Å². The van der Waals surface area contributed by atoms with Gasteiger partial charge >= 0.3 is 0 Å². The largest absolute Gasteiger partial charge is 0.384 e. The maximum absolute atomic E-state index is 5.55. The molecule has 2 aromatic rings. The Bertz CT molecular complexity index is 492. The number of hydrogen-bond acceptors (Lipinski definition) is 3. The van der Waals surface area contributed by atoms with Crippen molar-refractivity contribution < 1.29 is 0 Å². The predicted octanol–water partition coefficient (Wildman–Crippen LogP) is 3.02. The van der Waals surface area contributed by atoms with E-state index in [2.05, 4.69) is 36.8 Å². The van der Waals surface area contributed by atoms with E-state index < -0.39 is 0 Å². The van der Waals surface area contributed by atoms with E-state index in [-0.39, 0.29) is 5.41 Å². The summed E-state index contributed by atoms with van der Waals surface area (Å²) in [5, 5.41) is 0. The molecule has 0 aliphatic rings. The summed E-state index contributed by atoms with van der Waals surface area (Å²) in [5.41, 5.74) is 8.82. The van der Waals surface area contributed by atoms with E-state index in [1.807, 2.05) is 18.3 Å². The first-order valence-corrected chi connectivity index (χ1v) is 5.65. The Morgan fingerprint density at radius 2 is 1.71 bits per heavy atom. The van der Waals surface area contributed by atoms with Crippen LogP contribution < -0.4 is 5.73 Å². The summed E-state index contributed by atoms with van der Waals surface area (Å²) in [7, 11) is 0. The molecule has 0 radical (unpaired) electrons. The fourth-order valence-electron chi connectivity index (χ4n) is 1.57. The van der Waals surface area contributed by atoms with Gasteiger partial charge in [0.2, 0.25) is 0 Å². The number of nitrogens with zero attached hydrogens (tertiary/aromatic N) is 2. The summed E-state index contributed by atoms with van der Waals surface area (Å²) < 4.78 is 0. The first kappa shape index (κ1) is 11.6. The van der Waals surface area contributed by atoms with Crippen molar-refractivity contribution in [3.05, 3.63) is 42.2 Å². The van der Waals surface area contributed by atoms with Crippen LogP contribution in [0.1, 0.15) is 26.3 Å². The van der Waals surface area contributed by atoms with E-state index >= 15 is 0 Å². The predicted molar refractivity (Wildman–Crippen MR) is 70.6 cm³/mol. The molecule has 0 saturated heterocycles. The first-order valence-electron chi connectivity index (χ1n) is 5.65. The fourth-order valence-corrected chi connectivity index (χ4v) is 1.57. The first-order chi connectivity index (χ1) is 7.97. The van der Waals surface area contributed by atoms with Crippen molar-refractivity contribution in [1.82, 2.24) is 9.97 Å². The smallest absolute Gasteiger partial charge is 0.123 e. The Hall–Kier alpha value is -1.90. The van der Waals surface area contributed by atoms with Gasteiger partial charge in [-0.15, -0.1) is 0 Å². The van der Waals surface area contributed by atoms with Crippen molar-refractivity contribution in [3.63, 3.8) is 0 Å². The van der Waals surface area contributed by atoms with Crippen LogP contribution in [0.4, 0.5) is 5.82 Å². The highest BCUT2D eigenvalue weighted by molar-refractivity contribution is 5.59. The average Bonchev–Trinajstić information content (AvgIpc) is 2.29. The lowest BCUT2D eigenvalue weighted by atomic mass is 9.88. The number of hydrogen-bond donors (Lipinski definition) is 1. The monoisotopic (exact) mass is 227 g/mol. The number of rotatable bonds is 1. The minimum Gasteiger partial charge on any atom is -0.384 e. The van der Waals surface area contributed by atoms with Crippen LogP contribution in [0.3, 0.4) is 0 Å². The Morgan fingerprint density at radius 3 is 2.18 bits per heavy atom. The van der Waals surface area contributed by atoms with E-state index in [0.29, 0.717) is 5.82 Å². The van der Waals surface area contributed by atoms with Gasteiger partial charge in [0.25, 0.3) is 0 Å². The van der Waals surface area contributed by atoms with E-state index in [1.54, 1.807) is 12.3 Å². The van der Waals surface area contributed by atoms with Crippen LogP contribution in [0, 0.1) is 0 Å². The Labute approximate surface area is 102 Å². The van der Waals surface area contributed by atoms with E-state index in [4.69, 9.17) is 5.73 Å². The molecule has 17 heavy (non-hydrogen) atoms. The van der Waals surface area contributed by atoms with E-state index in [9.17, 15) is 0 Å². The highest BCUT2D eigenvalue weighted by Gasteiger charge is 2.13. The molecule has 0 aliphatic heterocycles. The minimum absolute atomic E-state index is 0.130. The third-order valence-electron chi connectivity index (χ3n) is 2.71. The number of aromatic nitrogens is 2. The maximum atomic E-state index is 5.55. The van der Waals surface area contributed by atoms with Gasteiger partial charge in [0.05, 0.1) is 5.69 Å². The molecule has 3 heteroatoms. The molecule has 2 aromatic heterocycles. The number of pyridine rings is 2. The molecule has 88 valence electrons. The molecular weight excluding hydrogens is 210 g/mol. The molecule has 0 atom stereocenters. The van der Waals surface area contributed by atoms with Gasteiger partial charge in [-0.25, -0.2) is 4.98 Å². The van der Waals surface area contributed by atoms with Gasteiger partial charge in [0.1, 0.15) is 5.82 Å². The van der Waals surface area contributed by atoms with Crippen LogP contribution in [0.25, 0.3) is 11.3 Å². The molecular formula is C14H17N3. The number of nitrogens with two attached hydrogens (primary N) is 1. The van der Waals surface area contributed by atoms with E-state index in [0.717, 1.165) is 11.3 Å². The lowest BCUT2D eigenvalue weighted by molar-refractivity contribution is 0.587. The van der Waals surface area contributed by atoms with Gasteiger partial charge in [-0.05, 0) is 29.2 Å². The molecule has 2 heterocycles. The molecule has 0 saturated carbocycles. The van der Waals surface area contributed by atoms with Crippen molar-refractivity contribution in [2.45, 2.75) is 26.2 Å². The van der Waals surface area contributed by atoms with Crippen LogP contribution in [0.15, 0.2) is 36.7 Å². The summed E-state index contributed by atoms with van der Waals surface area (Å²) in [6.45, 7) is 6.53. The second kappa shape index (κ2) is 4.17. The molecule has 0 amide bonds. The molecule has 3 nitrogen and oxygen atoms in total. The molecule has 0 aliphatic carbocycles. The van der Waals surface area contributed by atoms with Gasteiger partial charge in [-0.1, -0.05) is 26.8 Å². The summed E-state index contributed by atoms with van der Waals surface area (Å²) >= 11 is 0. The Morgan fingerprint density at radius 1 is 0.941 bits per heavy atom. The summed E-state index contributed by atoms with van der Waals surface area (Å²) in [6.07, 6.45) is 3.67. The molecule has 2 N–H and O–H groups in total. The van der Waals surface area contributed by atoms with Crippen LogP contribution in [0.2, 0.25) is 0 Å². The third kappa shape index (κ3) is 2.61. The number of anilines is 1. The summed E-state index contributed by atoms with van der Waals surface area (Å²) in [6, 6.07) is 7.85. The lowest BCUT2D eigenvalue weighted by Crippen LogP contribution is -2.11. The maximum Gasteiger partial charge on any atom is 0.123 e. The zero-order chi connectivity index (χ0) is 12.5. The Balaban J connectivity index is 2.33. The van der Waals surface area contributed by atoms with Gasteiger partial charge < -0.3 is 5.73 Å². The SMILES string of the molecule is CC(C)(C)c1ccc(-c2ccc(N)nc2)nc1. The normalized spacial score (nSPS) is 11.5.